The van der Waals surface area contributed by atoms with Gasteiger partial charge in [0.05, 0.1) is 28.0 Å². The smallest absolute Gasteiger partial charge is 0.335 e. The lowest BCUT2D eigenvalue weighted by molar-refractivity contribution is 0.0697. The molecule has 41 heavy (non-hydrogen) atoms. The normalized spacial score (nSPS) is 22.6. The molecule has 4 heterocycles. The zero-order valence-electron chi connectivity index (χ0n) is 22.9. The molecule has 2 aromatic heterocycles. The molecule has 6 rings (SSSR count). The van der Waals surface area contributed by atoms with Crippen LogP contribution in [0, 0.1) is 11.8 Å². The highest BCUT2D eigenvalue weighted by atomic mass is 35.5. The number of thiocarbonyl (C=S) groups is 1. The highest BCUT2D eigenvalue weighted by Crippen LogP contribution is 2.44. The molecule has 2 aliphatic rings. The summed E-state index contributed by atoms with van der Waals surface area (Å²) in [5.41, 5.74) is 4.89. The Morgan fingerprint density at radius 1 is 1.00 bits per heavy atom. The first-order chi connectivity index (χ1) is 19.8. The fourth-order valence-electron chi connectivity index (χ4n) is 6.33. The van der Waals surface area contributed by atoms with Gasteiger partial charge >= 0.3 is 5.97 Å². The Morgan fingerprint density at radius 3 is 2.39 bits per heavy atom. The number of aromatic carboxylic acids is 1. The van der Waals surface area contributed by atoms with Crippen molar-refractivity contribution in [3.63, 3.8) is 0 Å². The Bertz CT molecular complexity index is 1560. The summed E-state index contributed by atoms with van der Waals surface area (Å²) in [4.78, 5) is 20.6. The van der Waals surface area contributed by atoms with Gasteiger partial charge in [-0.15, -0.1) is 0 Å². The fourth-order valence-corrected chi connectivity index (χ4v) is 6.97. The number of halogens is 1. The molecule has 7 nitrogen and oxygen atoms in total. The number of hydrogen-bond donors (Lipinski definition) is 2. The summed E-state index contributed by atoms with van der Waals surface area (Å²) in [6.07, 6.45) is 5.00. The van der Waals surface area contributed by atoms with Crippen molar-refractivity contribution in [2.24, 2.45) is 11.8 Å². The first-order valence-corrected chi connectivity index (χ1v) is 14.6. The first-order valence-electron chi connectivity index (χ1n) is 13.9. The van der Waals surface area contributed by atoms with Crippen LogP contribution in [-0.2, 0) is 0 Å². The van der Waals surface area contributed by atoms with E-state index in [0.29, 0.717) is 22.0 Å². The van der Waals surface area contributed by atoms with Crippen LogP contribution in [0.4, 0.5) is 11.4 Å². The average Bonchev–Trinajstić information content (AvgIpc) is 3.57. The van der Waals surface area contributed by atoms with Crippen LogP contribution < -0.4 is 15.1 Å². The summed E-state index contributed by atoms with van der Waals surface area (Å²) in [5, 5.41) is 14.2. The van der Waals surface area contributed by atoms with Crippen molar-refractivity contribution in [1.82, 2.24) is 14.9 Å². The molecule has 0 bridgehead atoms. The number of hydrogen-bond acceptors (Lipinski definition) is 4. The van der Waals surface area contributed by atoms with Crippen LogP contribution in [0.5, 0.6) is 0 Å². The van der Waals surface area contributed by atoms with Gasteiger partial charge in [-0.2, -0.15) is 0 Å². The second-order valence-corrected chi connectivity index (χ2v) is 11.9. The van der Waals surface area contributed by atoms with Gasteiger partial charge < -0.3 is 24.8 Å². The van der Waals surface area contributed by atoms with Gasteiger partial charge in [-0.05, 0) is 97.2 Å². The number of nitrogens with one attached hydrogen (secondary N) is 1. The molecule has 9 heteroatoms. The molecule has 0 spiro atoms. The highest BCUT2D eigenvalue weighted by molar-refractivity contribution is 7.80. The third-order valence-electron chi connectivity index (χ3n) is 7.99. The molecule has 0 radical (unpaired) electrons. The van der Waals surface area contributed by atoms with E-state index in [1.54, 1.807) is 18.3 Å². The fraction of sp³-hybridized carbons (Fsp3) is 0.281. The SMILES string of the molecule is C[C@@H]1C[C@H](C)CN(c2ccc(N3C(=S)N[C@H](c4ccccn4)[C@H]3c3cccn3-c3ccc(C(=O)O)cc3)cc2Cl)C1. The van der Waals surface area contributed by atoms with E-state index in [-0.39, 0.29) is 17.6 Å². The molecule has 4 atom stereocenters. The number of pyridine rings is 1. The Hall–Kier alpha value is -3.88. The van der Waals surface area contributed by atoms with Gasteiger partial charge in [0.1, 0.15) is 6.04 Å². The number of benzene rings is 2. The summed E-state index contributed by atoms with van der Waals surface area (Å²) in [6.45, 7) is 6.58. The third-order valence-corrected chi connectivity index (χ3v) is 8.61. The predicted octanol–water partition coefficient (Wildman–Crippen LogP) is 6.88. The third kappa shape index (κ3) is 5.29. The van der Waals surface area contributed by atoms with Gasteiger partial charge in [0.15, 0.2) is 5.11 Å². The van der Waals surface area contributed by atoms with Gasteiger partial charge in [0, 0.05) is 42.6 Å². The van der Waals surface area contributed by atoms with E-state index in [1.165, 1.54) is 6.42 Å². The summed E-state index contributed by atoms with van der Waals surface area (Å²) < 4.78 is 2.07. The molecular weight excluding hydrogens is 554 g/mol. The molecule has 4 aromatic rings. The lowest BCUT2D eigenvalue weighted by atomic mass is 9.91. The van der Waals surface area contributed by atoms with E-state index < -0.39 is 5.97 Å². The van der Waals surface area contributed by atoms with Crippen molar-refractivity contribution >= 4 is 46.3 Å². The Kier molecular flexibility index (Phi) is 7.45. The summed E-state index contributed by atoms with van der Waals surface area (Å²) in [6, 6.07) is 22.6. The van der Waals surface area contributed by atoms with Crippen molar-refractivity contribution in [3.8, 4) is 5.69 Å². The molecule has 210 valence electrons. The minimum absolute atomic E-state index is 0.224. The van der Waals surface area contributed by atoms with Crippen molar-refractivity contribution in [1.29, 1.82) is 0 Å². The van der Waals surface area contributed by atoms with E-state index >= 15 is 0 Å². The zero-order valence-corrected chi connectivity index (χ0v) is 24.5. The molecule has 2 saturated heterocycles. The number of aromatic nitrogens is 2. The van der Waals surface area contributed by atoms with Crippen LogP contribution >= 0.6 is 23.8 Å². The minimum Gasteiger partial charge on any atom is -0.478 e. The molecule has 2 N–H and O–H groups in total. The van der Waals surface area contributed by atoms with Crippen LogP contribution in [0.3, 0.4) is 0 Å². The molecule has 2 aromatic carbocycles. The maximum Gasteiger partial charge on any atom is 0.335 e. The number of carbonyl (C=O) groups is 1. The van der Waals surface area contributed by atoms with Gasteiger partial charge in [-0.3, -0.25) is 4.98 Å². The number of piperidine rings is 1. The van der Waals surface area contributed by atoms with E-state index in [4.69, 9.17) is 23.8 Å². The average molecular weight is 586 g/mol. The quantitative estimate of drug-likeness (QED) is 0.239. The Morgan fingerprint density at radius 2 is 1.73 bits per heavy atom. The van der Waals surface area contributed by atoms with Crippen LogP contribution in [0.15, 0.2) is 85.2 Å². The van der Waals surface area contributed by atoms with Gasteiger partial charge in [0.2, 0.25) is 0 Å². The van der Waals surface area contributed by atoms with Crippen molar-refractivity contribution < 1.29 is 9.90 Å². The lowest BCUT2D eigenvalue weighted by Gasteiger charge is -2.37. The van der Waals surface area contributed by atoms with Crippen LogP contribution in [0.25, 0.3) is 5.69 Å². The second-order valence-electron chi connectivity index (χ2n) is 11.1. The second kappa shape index (κ2) is 11.2. The van der Waals surface area contributed by atoms with Crippen molar-refractivity contribution in [2.45, 2.75) is 32.4 Å². The van der Waals surface area contributed by atoms with Crippen molar-refractivity contribution in [3.05, 3.63) is 107 Å². The van der Waals surface area contributed by atoms with E-state index in [1.807, 2.05) is 48.7 Å². The lowest BCUT2D eigenvalue weighted by Crippen LogP contribution is -2.38. The molecule has 0 amide bonds. The molecule has 2 aliphatic heterocycles. The maximum atomic E-state index is 11.4. The number of rotatable bonds is 6. The molecule has 0 saturated carbocycles. The first kappa shape index (κ1) is 27.3. The highest BCUT2D eigenvalue weighted by Gasteiger charge is 2.42. The standard InChI is InChI=1S/C32H32ClN5O2S/c1-20-16-21(2)19-36(18-20)27-13-12-24(17-25(27)33)38-30(29(35-32(38)41)26-6-3-4-14-34-26)28-7-5-15-37(28)23-10-8-22(9-11-23)31(39)40/h3-15,17,20-21,29-30H,16,18-19H2,1-2H3,(H,35,41)(H,39,40)/t20-,21+,29-,30-/m1/s1. The van der Waals surface area contributed by atoms with Gasteiger partial charge in [-0.1, -0.05) is 31.5 Å². The van der Waals surface area contributed by atoms with Crippen LogP contribution in [0.1, 0.15) is 54.1 Å². The summed E-state index contributed by atoms with van der Waals surface area (Å²) in [7, 11) is 0. The van der Waals surface area contributed by atoms with Gasteiger partial charge in [0.25, 0.3) is 0 Å². The Labute approximate surface area is 250 Å². The number of carboxylic acids is 1. The maximum absolute atomic E-state index is 11.4. The van der Waals surface area contributed by atoms with E-state index in [9.17, 15) is 9.90 Å². The molecular formula is C32H32ClN5O2S. The zero-order chi connectivity index (χ0) is 28.7. The summed E-state index contributed by atoms with van der Waals surface area (Å²) in [5.74, 6) is 0.279. The van der Waals surface area contributed by atoms with Crippen LogP contribution in [-0.4, -0.2) is 38.8 Å². The topological polar surface area (TPSA) is 73.6 Å². The van der Waals surface area contributed by atoms with E-state index in [0.717, 1.165) is 41.5 Å². The minimum atomic E-state index is -0.954. The molecule has 2 fully saturated rings. The molecule has 0 unspecified atom stereocenters. The molecule has 0 aliphatic carbocycles. The predicted molar refractivity (Wildman–Crippen MR) is 167 cm³/mol. The number of carboxylic acid groups (broad SMARTS) is 1. The number of nitrogens with zero attached hydrogens (tertiary/aromatic N) is 4. The number of anilines is 2. The monoisotopic (exact) mass is 585 g/mol. The van der Waals surface area contributed by atoms with Crippen LogP contribution in [0.2, 0.25) is 5.02 Å². The largest absolute Gasteiger partial charge is 0.478 e. The van der Waals surface area contributed by atoms with E-state index in [2.05, 4.69) is 56.7 Å². The van der Waals surface area contributed by atoms with Gasteiger partial charge in [-0.25, -0.2) is 4.79 Å². The Balaban J connectivity index is 1.41. The van der Waals surface area contributed by atoms with Crippen molar-refractivity contribution in [2.75, 3.05) is 22.9 Å². The summed E-state index contributed by atoms with van der Waals surface area (Å²) >= 11 is 12.9.